The van der Waals surface area contributed by atoms with Gasteiger partial charge in [-0.05, 0) is 37.7 Å². The zero-order valence-electron chi connectivity index (χ0n) is 19.6. The summed E-state index contributed by atoms with van der Waals surface area (Å²) in [7, 11) is 3.30. The van der Waals surface area contributed by atoms with Crippen LogP contribution in [0.25, 0.3) is 0 Å². The molecule has 0 aliphatic rings. The molecule has 1 aromatic heterocycles. The van der Waals surface area contributed by atoms with Crippen molar-refractivity contribution < 1.29 is 9.47 Å². The lowest BCUT2D eigenvalue weighted by Crippen LogP contribution is -2.38. The highest BCUT2D eigenvalue weighted by Crippen LogP contribution is 2.25. The number of methoxy groups -OCH3 is 2. The Kier molecular flexibility index (Phi) is 10.5. The van der Waals surface area contributed by atoms with Gasteiger partial charge in [0.25, 0.3) is 0 Å². The van der Waals surface area contributed by atoms with E-state index in [4.69, 9.17) is 14.5 Å². The molecule has 8 nitrogen and oxygen atoms in total. The highest BCUT2D eigenvalue weighted by atomic mass is 32.2. The third-order valence-corrected chi connectivity index (χ3v) is 5.31. The Balaban J connectivity index is 1.94. The van der Waals surface area contributed by atoms with E-state index in [9.17, 15) is 0 Å². The summed E-state index contributed by atoms with van der Waals surface area (Å²) in [6, 6.07) is 5.78. The summed E-state index contributed by atoms with van der Waals surface area (Å²) < 4.78 is 13.0. The first kappa shape index (κ1) is 24.8. The Bertz CT molecular complexity index is 837. The largest absolute Gasteiger partial charge is 0.497 e. The van der Waals surface area contributed by atoms with Crippen LogP contribution in [0.1, 0.15) is 38.6 Å². The van der Waals surface area contributed by atoms with Gasteiger partial charge in [0.05, 0.1) is 20.8 Å². The van der Waals surface area contributed by atoms with Crippen molar-refractivity contribution in [3.05, 3.63) is 29.6 Å². The Labute approximate surface area is 190 Å². The molecule has 2 N–H and O–H groups in total. The van der Waals surface area contributed by atoms with Crippen molar-refractivity contribution in [1.82, 2.24) is 25.4 Å². The lowest BCUT2D eigenvalue weighted by Gasteiger charge is -2.14. The molecule has 0 radical (unpaired) electrons. The summed E-state index contributed by atoms with van der Waals surface area (Å²) in [5.41, 5.74) is 1.01. The van der Waals surface area contributed by atoms with Crippen LogP contribution < -0.4 is 20.1 Å². The van der Waals surface area contributed by atoms with Gasteiger partial charge in [0.1, 0.15) is 17.3 Å². The van der Waals surface area contributed by atoms with Crippen LogP contribution in [0.2, 0.25) is 0 Å². The lowest BCUT2D eigenvalue weighted by molar-refractivity contribution is 0.391. The van der Waals surface area contributed by atoms with Crippen LogP contribution in [-0.2, 0) is 19.5 Å². The molecule has 0 aliphatic heterocycles. The van der Waals surface area contributed by atoms with Gasteiger partial charge < -0.3 is 24.7 Å². The van der Waals surface area contributed by atoms with E-state index < -0.39 is 0 Å². The molecule has 0 aliphatic carbocycles. The molecule has 0 spiro atoms. The van der Waals surface area contributed by atoms with E-state index in [0.29, 0.717) is 12.5 Å². The molecule has 0 bridgehead atoms. The van der Waals surface area contributed by atoms with Gasteiger partial charge in [-0.15, -0.1) is 10.2 Å². The van der Waals surface area contributed by atoms with Crippen molar-refractivity contribution in [2.45, 2.75) is 51.9 Å². The first-order valence-electron chi connectivity index (χ1n) is 10.7. The number of thioether (sulfide) groups is 1. The van der Waals surface area contributed by atoms with Gasteiger partial charge in [0.2, 0.25) is 0 Å². The van der Waals surface area contributed by atoms with Gasteiger partial charge in [-0.2, -0.15) is 0 Å². The number of benzene rings is 1. The smallest absolute Gasteiger partial charge is 0.191 e. The average Bonchev–Trinajstić information content (AvgIpc) is 3.15. The number of hydrogen-bond acceptors (Lipinski definition) is 6. The van der Waals surface area contributed by atoms with E-state index >= 15 is 0 Å². The SMILES string of the molecule is CCNC(=NCc1ccc(OC)cc1OC)NCCCc1nnc(SC)n1CC(C)C. The quantitative estimate of drug-likeness (QED) is 0.223. The molecule has 0 saturated heterocycles. The zero-order chi connectivity index (χ0) is 22.6. The molecule has 0 unspecified atom stereocenters. The predicted molar refractivity (Wildman–Crippen MR) is 127 cm³/mol. The molecule has 2 aromatic rings. The minimum atomic E-state index is 0.516. The number of rotatable bonds is 12. The van der Waals surface area contributed by atoms with E-state index in [0.717, 1.165) is 66.5 Å². The van der Waals surface area contributed by atoms with Gasteiger partial charge in [0, 0.05) is 37.7 Å². The van der Waals surface area contributed by atoms with Gasteiger partial charge in [-0.3, -0.25) is 0 Å². The highest BCUT2D eigenvalue weighted by molar-refractivity contribution is 7.98. The summed E-state index contributed by atoms with van der Waals surface area (Å²) in [5.74, 6) is 3.93. The number of nitrogens with zero attached hydrogens (tertiary/aromatic N) is 4. The van der Waals surface area contributed by atoms with Crippen LogP contribution in [0.4, 0.5) is 0 Å². The number of guanidine groups is 1. The second-order valence-corrected chi connectivity index (χ2v) is 8.28. The monoisotopic (exact) mass is 448 g/mol. The van der Waals surface area contributed by atoms with Crippen LogP contribution in [-0.4, -0.2) is 54.3 Å². The van der Waals surface area contributed by atoms with Gasteiger partial charge in [0.15, 0.2) is 11.1 Å². The molecule has 0 atom stereocenters. The summed E-state index contributed by atoms with van der Waals surface area (Å²) in [4.78, 5) is 4.70. The van der Waals surface area contributed by atoms with E-state index in [-0.39, 0.29) is 0 Å². The highest BCUT2D eigenvalue weighted by Gasteiger charge is 2.12. The van der Waals surface area contributed by atoms with Crippen LogP contribution in [0, 0.1) is 5.92 Å². The predicted octanol–water partition coefficient (Wildman–Crippen LogP) is 3.36. The molecule has 1 aromatic carbocycles. The molecular weight excluding hydrogens is 412 g/mol. The number of hydrogen-bond donors (Lipinski definition) is 2. The molecule has 0 amide bonds. The fourth-order valence-corrected chi connectivity index (χ4v) is 3.67. The van der Waals surface area contributed by atoms with E-state index in [1.54, 1.807) is 26.0 Å². The van der Waals surface area contributed by atoms with Crippen LogP contribution in [0.15, 0.2) is 28.3 Å². The molecule has 9 heteroatoms. The van der Waals surface area contributed by atoms with Crippen molar-refractivity contribution in [3.63, 3.8) is 0 Å². The molecule has 31 heavy (non-hydrogen) atoms. The third kappa shape index (κ3) is 7.65. The molecule has 0 fully saturated rings. The number of aliphatic imine (C=N–C) groups is 1. The first-order valence-corrected chi connectivity index (χ1v) is 11.9. The van der Waals surface area contributed by atoms with Crippen LogP contribution in [0.3, 0.4) is 0 Å². The Hall–Kier alpha value is -2.42. The van der Waals surface area contributed by atoms with E-state index in [2.05, 4.69) is 46.2 Å². The van der Waals surface area contributed by atoms with Crippen molar-refractivity contribution in [2.24, 2.45) is 10.9 Å². The van der Waals surface area contributed by atoms with E-state index in [1.165, 1.54) is 0 Å². The standard InChI is InChI=1S/C22H36N6O2S/c1-7-23-21(25-14-17-10-11-18(29-4)13-19(17)30-5)24-12-8-9-20-26-27-22(31-6)28(20)15-16(2)3/h10-11,13,16H,7-9,12,14-15H2,1-6H3,(H2,23,24,25). The summed E-state index contributed by atoms with van der Waals surface area (Å²) in [6.45, 7) is 9.55. The van der Waals surface area contributed by atoms with Gasteiger partial charge in [-0.1, -0.05) is 25.6 Å². The summed E-state index contributed by atoms with van der Waals surface area (Å²) >= 11 is 1.65. The normalized spacial score (nSPS) is 11.6. The van der Waals surface area contributed by atoms with E-state index in [1.807, 2.05) is 24.5 Å². The first-order chi connectivity index (χ1) is 15.0. The maximum Gasteiger partial charge on any atom is 0.191 e. The van der Waals surface area contributed by atoms with Crippen LogP contribution in [0.5, 0.6) is 11.5 Å². The fourth-order valence-electron chi connectivity index (χ4n) is 3.15. The second kappa shape index (κ2) is 13.1. The molecule has 2 rings (SSSR count). The number of ether oxygens (including phenoxy) is 2. The lowest BCUT2D eigenvalue weighted by atomic mass is 10.2. The topological polar surface area (TPSA) is 85.6 Å². The maximum atomic E-state index is 5.47. The molecule has 1 heterocycles. The average molecular weight is 449 g/mol. The van der Waals surface area contributed by atoms with Crippen molar-refractivity contribution in [1.29, 1.82) is 0 Å². The number of nitrogens with one attached hydrogen (secondary N) is 2. The van der Waals surface area contributed by atoms with Crippen molar-refractivity contribution in [2.75, 3.05) is 33.6 Å². The molecule has 172 valence electrons. The third-order valence-electron chi connectivity index (χ3n) is 4.64. The number of aromatic nitrogens is 3. The minimum Gasteiger partial charge on any atom is -0.497 e. The zero-order valence-corrected chi connectivity index (χ0v) is 20.4. The second-order valence-electron chi connectivity index (χ2n) is 7.51. The molecule has 0 saturated carbocycles. The number of aryl methyl sites for hydroxylation is 1. The van der Waals surface area contributed by atoms with Gasteiger partial charge in [-0.25, -0.2) is 4.99 Å². The summed E-state index contributed by atoms with van der Waals surface area (Å²) in [6.07, 6.45) is 3.86. The minimum absolute atomic E-state index is 0.516. The Morgan fingerprint density at radius 1 is 1.19 bits per heavy atom. The van der Waals surface area contributed by atoms with Crippen molar-refractivity contribution >= 4 is 17.7 Å². The molecular formula is C22H36N6O2S. The maximum absolute atomic E-state index is 5.47. The van der Waals surface area contributed by atoms with Crippen LogP contribution >= 0.6 is 11.8 Å². The Morgan fingerprint density at radius 3 is 2.65 bits per heavy atom. The summed E-state index contributed by atoms with van der Waals surface area (Å²) in [5, 5.41) is 16.4. The fraction of sp³-hybridized carbons (Fsp3) is 0.591. The van der Waals surface area contributed by atoms with Crippen molar-refractivity contribution in [3.8, 4) is 11.5 Å². The Morgan fingerprint density at radius 2 is 2.00 bits per heavy atom. The van der Waals surface area contributed by atoms with Gasteiger partial charge >= 0.3 is 0 Å².